The van der Waals surface area contributed by atoms with E-state index >= 15 is 0 Å². The van der Waals surface area contributed by atoms with Gasteiger partial charge in [-0.2, -0.15) is 0 Å². The first kappa shape index (κ1) is 21.8. The third-order valence-corrected chi connectivity index (χ3v) is 9.29. The SMILES string of the molecule is O=C(c1ccc(N2CCCS2(=O)=O)cc1F)N1CCN(c2ncc(C3CC3)cc2C2CC2)CC1. The monoisotopic (exact) mass is 484 g/mol. The van der Waals surface area contributed by atoms with E-state index in [1.807, 2.05) is 6.20 Å². The molecule has 6 rings (SSSR count). The summed E-state index contributed by atoms with van der Waals surface area (Å²) in [5.74, 6) is 1.36. The lowest BCUT2D eigenvalue weighted by Gasteiger charge is -2.36. The number of anilines is 2. The highest BCUT2D eigenvalue weighted by Crippen LogP contribution is 2.47. The number of piperazine rings is 1. The number of carbonyl (C=O) groups is 1. The van der Waals surface area contributed by atoms with E-state index in [0.29, 0.717) is 51.0 Å². The van der Waals surface area contributed by atoms with E-state index in [0.717, 1.165) is 5.82 Å². The van der Waals surface area contributed by atoms with Crippen LogP contribution in [0, 0.1) is 5.82 Å². The van der Waals surface area contributed by atoms with Crippen LogP contribution in [-0.4, -0.2) is 62.7 Å². The van der Waals surface area contributed by atoms with Crippen LogP contribution in [0.1, 0.15) is 65.4 Å². The zero-order valence-corrected chi connectivity index (χ0v) is 19.9. The van der Waals surface area contributed by atoms with Crippen molar-refractivity contribution >= 4 is 27.4 Å². The maximum absolute atomic E-state index is 14.9. The Bertz CT molecular complexity index is 1230. The van der Waals surface area contributed by atoms with Crippen LogP contribution < -0.4 is 9.21 Å². The maximum atomic E-state index is 14.9. The summed E-state index contributed by atoms with van der Waals surface area (Å²) in [7, 11) is -3.39. The van der Waals surface area contributed by atoms with Crippen molar-refractivity contribution in [2.75, 3.05) is 47.7 Å². The molecule has 2 aliphatic heterocycles. The van der Waals surface area contributed by atoms with Gasteiger partial charge in [0, 0.05) is 38.9 Å². The van der Waals surface area contributed by atoms with Gasteiger partial charge >= 0.3 is 0 Å². The minimum atomic E-state index is -3.39. The highest BCUT2D eigenvalue weighted by Gasteiger charge is 2.34. The van der Waals surface area contributed by atoms with Gasteiger partial charge in [0.2, 0.25) is 10.0 Å². The van der Waals surface area contributed by atoms with Crippen LogP contribution in [0.2, 0.25) is 0 Å². The molecule has 4 aliphatic rings. The van der Waals surface area contributed by atoms with E-state index in [9.17, 15) is 17.6 Å². The van der Waals surface area contributed by atoms with Crippen molar-refractivity contribution in [2.45, 2.75) is 43.9 Å². The molecule has 3 heterocycles. The Hall–Kier alpha value is -2.68. The summed E-state index contributed by atoms with van der Waals surface area (Å²) in [5, 5.41) is 0. The van der Waals surface area contributed by atoms with Crippen LogP contribution in [0.15, 0.2) is 30.5 Å². The van der Waals surface area contributed by atoms with Gasteiger partial charge in [-0.1, -0.05) is 6.07 Å². The predicted molar refractivity (Wildman–Crippen MR) is 128 cm³/mol. The molecule has 2 aliphatic carbocycles. The molecule has 7 nitrogen and oxygen atoms in total. The molecule has 4 fully saturated rings. The summed E-state index contributed by atoms with van der Waals surface area (Å²) in [6.45, 7) is 2.66. The summed E-state index contributed by atoms with van der Waals surface area (Å²) in [6.07, 6.45) is 7.50. The molecule has 34 heavy (non-hydrogen) atoms. The van der Waals surface area contributed by atoms with Gasteiger partial charge in [0.1, 0.15) is 11.6 Å². The largest absolute Gasteiger partial charge is 0.353 e. The van der Waals surface area contributed by atoms with E-state index in [-0.39, 0.29) is 22.9 Å². The van der Waals surface area contributed by atoms with Gasteiger partial charge in [-0.05, 0) is 73.3 Å². The molecule has 0 atom stereocenters. The Morgan fingerprint density at radius 2 is 1.71 bits per heavy atom. The maximum Gasteiger partial charge on any atom is 0.256 e. The highest BCUT2D eigenvalue weighted by atomic mass is 32.2. The molecule has 0 bridgehead atoms. The topological polar surface area (TPSA) is 73.8 Å². The Balaban J connectivity index is 1.15. The second-order valence-corrected chi connectivity index (χ2v) is 11.9. The zero-order valence-electron chi connectivity index (χ0n) is 19.1. The van der Waals surface area contributed by atoms with Crippen LogP contribution in [0.5, 0.6) is 0 Å². The van der Waals surface area contributed by atoms with Crippen LogP contribution in [-0.2, 0) is 10.0 Å². The van der Waals surface area contributed by atoms with Gasteiger partial charge in [-0.3, -0.25) is 9.10 Å². The van der Waals surface area contributed by atoms with Crippen molar-refractivity contribution < 1.29 is 17.6 Å². The molecule has 9 heteroatoms. The number of rotatable bonds is 5. The van der Waals surface area contributed by atoms with E-state index in [1.54, 1.807) is 4.90 Å². The lowest BCUT2D eigenvalue weighted by molar-refractivity contribution is 0.0742. The number of pyridine rings is 1. The summed E-state index contributed by atoms with van der Waals surface area (Å²) in [6, 6.07) is 6.46. The molecule has 2 saturated heterocycles. The fraction of sp³-hybridized carbons (Fsp3) is 0.520. The first-order valence-electron chi connectivity index (χ1n) is 12.2. The van der Waals surface area contributed by atoms with E-state index in [4.69, 9.17) is 4.98 Å². The molecular weight excluding hydrogens is 455 g/mol. The number of aromatic nitrogens is 1. The van der Waals surface area contributed by atoms with Crippen molar-refractivity contribution in [3.05, 3.63) is 53.0 Å². The Morgan fingerprint density at radius 1 is 0.971 bits per heavy atom. The van der Waals surface area contributed by atoms with Crippen molar-refractivity contribution in [3.8, 4) is 0 Å². The molecule has 2 aromatic rings. The first-order chi connectivity index (χ1) is 16.4. The number of halogens is 1. The first-order valence-corrected chi connectivity index (χ1v) is 13.9. The minimum Gasteiger partial charge on any atom is -0.353 e. The summed E-state index contributed by atoms with van der Waals surface area (Å²) in [4.78, 5) is 21.8. The fourth-order valence-electron chi connectivity index (χ4n) is 5.14. The van der Waals surface area contributed by atoms with Crippen LogP contribution in [0.4, 0.5) is 15.9 Å². The van der Waals surface area contributed by atoms with Crippen molar-refractivity contribution in [1.82, 2.24) is 9.88 Å². The van der Waals surface area contributed by atoms with Crippen LogP contribution in [0.3, 0.4) is 0 Å². The number of hydrogen-bond donors (Lipinski definition) is 0. The molecule has 0 spiro atoms. The number of hydrogen-bond acceptors (Lipinski definition) is 5. The van der Waals surface area contributed by atoms with E-state index in [1.165, 1.54) is 59.3 Å². The van der Waals surface area contributed by atoms with Gasteiger partial charge in [0.05, 0.1) is 17.0 Å². The summed E-state index contributed by atoms with van der Waals surface area (Å²) in [5.41, 5.74) is 2.98. The summed E-state index contributed by atoms with van der Waals surface area (Å²) >= 11 is 0. The molecule has 180 valence electrons. The molecule has 0 N–H and O–H groups in total. The summed E-state index contributed by atoms with van der Waals surface area (Å²) < 4.78 is 40.4. The van der Waals surface area contributed by atoms with Crippen molar-refractivity contribution in [1.29, 1.82) is 0 Å². The smallest absolute Gasteiger partial charge is 0.256 e. The quantitative estimate of drug-likeness (QED) is 0.650. The van der Waals surface area contributed by atoms with E-state index in [2.05, 4.69) is 11.0 Å². The fourth-order valence-corrected chi connectivity index (χ4v) is 6.70. The van der Waals surface area contributed by atoms with Crippen molar-refractivity contribution in [2.24, 2.45) is 0 Å². The third kappa shape index (κ3) is 4.04. The Morgan fingerprint density at radius 3 is 2.32 bits per heavy atom. The predicted octanol–water partition coefficient (Wildman–Crippen LogP) is 3.48. The third-order valence-electron chi connectivity index (χ3n) is 7.42. The van der Waals surface area contributed by atoms with Gasteiger partial charge in [-0.15, -0.1) is 0 Å². The molecule has 0 radical (unpaired) electrons. The molecule has 1 aromatic heterocycles. The zero-order chi connectivity index (χ0) is 23.4. The average Bonchev–Trinajstić information content (AvgIpc) is 3.75. The number of benzene rings is 1. The van der Waals surface area contributed by atoms with Gasteiger partial charge < -0.3 is 9.80 Å². The van der Waals surface area contributed by atoms with Crippen LogP contribution in [0.25, 0.3) is 0 Å². The molecule has 2 saturated carbocycles. The van der Waals surface area contributed by atoms with Gasteiger partial charge in [0.15, 0.2) is 0 Å². The molecule has 1 aromatic carbocycles. The molecule has 0 unspecified atom stereocenters. The normalized spacial score (nSPS) is 22.3. The second kappa shape index (κ2) is 8.22. The van der Waals surface area contributed by atoms with Gasteiger partial charge in [-0.25, -0.2) is 17.8 Å². The number of carbonyl (C=O) groups excluding carboxylic acids is 1. The highest BCUT2D eigenvalue weighted by molar-refractivity contribution is 7.93. The van der Waals surface area contributed by atoms with Crippen molar-refractivity contribution in [3.63, 3.8) is 0 Å². The standard InChI is InChI=1S/C25H29FN4O3S/c26-23-15-20(30-8-1-13-34(30,32)33)6-7-21(23)25(31)29-11-9-28(10-12-29)24-22(18-4-5-18)14-19(16-27-24)17-2-3-17/h6-7,14-18H,1-5,8-13H2. The van der Waals surface area contributed by atoms with Crippen LogP contribution >= 0.6 is 0 Å². The number of sulfonamides is 1. The lowest BCUT2D eigenvalue weighted by Crippen LogP contribution is -2.49. The molecular formula is C25H29FN4O3S. The van der Waals surface area contributed by atoms with Gasteiger partial charge in [0.25, 0.3) is 5.91 Å². The minimum absolute atomic E-state index is 0.0145. The Labute approximate surface area is 199 Å². The number of amides is 1. The number of nitrogens with zero attached hydrogens (tertiary/aromatic N) is 4. The average molecular weight is 485 g/mol. The van der Waals surface area contributed by atoms with E-state index < -0.39 is 15.8 Å². The second-order valence-electron chi connectivity index (χ2n) is 9.92. The molecule has 1 amide bonds. The lowest BCUT2D eigenvalue weighted by atomic mass is 10.1. The Kier molecular flexibility index (Phi) is 5.28.